The van der Waals surface area contributed by atoms with Gasteiger partial charge in [-0.2, -0.15) is 0 Å². The maximum Gasteiger partial charge on any atom is 0.191 e. The fourth-order valence-corrected chi connectivity index (χ4v) is 3.62. The molecule has 1 aliphatic heterocycles. The molecule has 0 unspecified atom stereocenters. The summed E-state index contributed by atoms with van der Waals surface area (Å²) in [6, 6.07) is 6.05. The molecule has 3 rings (SSSR count). The van der Waals surface area contributed by atoms with Gasteiger partial charge in [-0.25, -0.2) is 4.98 Å². The van der Waals surface area contributed by atoms with E-state index in [9.17, 15) is 0 Å². The molecule has 27 heavy (non-hydrogen) atoms. The van der Waals surface area contributed by atoms with Gasteiger partial charge in [0.1, 0.15) is 11.0 Å². The normalized spacial score (nSPS) is 15.1. The van der Waals surface area contributed by atoms with Crippen LogP contribution in [0, 0.1) is 0 Å². The number of halogens is 2. The molecule has 0 bridgehead atoms. The lowest BCUT2D eigenvalue weighted by Gasteiger charge is -2.28. The lowest BCUT2D eigenvalue weighted by molar-refractivity contribution is 0.573. The predicted molar refractivity (Wildman–Crippen MR) is 113 cm³/mol. The zero-order chi connectivity index (χ0) is 19.2. The fraction of sp³-hybridized carbons (Fsp3) is 0.474. The van der Waals surface area contributed by atoms with E-state index in [0.717, 1.165) is 30.6 Å². The van der Waals surface area contributed by atoms with E-state index < -0.39 is 0 Å². The molecule has 2 N–H and O–H groups in total. The van der Waals surface area contributed by atoms with Crippen LogP contribution in [0.3, 0.4) is 0 Å². The molecule has 0 spiro atoms. The Kier molecular flexibility index (Phi) is 6.85. The predicted octanol–water partition coefficient (Wildman–Crippen LogP) is 3.58. The molecule has 0 radical (unpaired) electrons. The number of hydrogen-bond donors (Lipinski definition) is 2. The second-order valence-electron chi connectivity index (χ2n) is 6.68. The number of aromatic nitrogens is 2. The van der Waals surface area contributed by atoms with Gasteiger partial charge in [0.25, 0.3) is 0 Å². The Labute approximate surface area is 170 Å². The monoisotopic (exact) mass is 408 g/mol. The van der Waals surface area contributed by atoms with Crippen molar-refractivity contribution in [3.8, 4) is 0 Å². The molecular formula is C19H26Cl2N6. The second kappa shape index (κ2) is 9.33. The van der Waals surface area contributed by atoms with E-state index in [1.165, 1.54) is 24.8 Å². The Morgan fingerprint density at radius 2 is 1.89 bits per heavy atom. The fourth-order valence-electron chi connectivity index (χ4n) is 3.21. The minimum atomic E-state index is 0.540. The number of rotatable bonds is 5. The molecule has 2 aromatic rings. The first kappa shape index (κ1) is 19.8. The molecule has 0 atom stereocenters. The molecule has 1 saturated heterocycles. The number of guanidine groups is 1. The van der Waals surface area contributed by atoms with Gasteiger partial charge in [0.15, 0.2) is 5.96 Å². The summed E-state index contributed by atoms with van der Waals surface area (Å²) in [4.78, 5) is 11.2. The van der Waals surface area contributed by atoms with Crippen LogP contribution in [0.2, 0.25) is 10.2 Å². The summed E-state index contributed by atoms with van der Waals surface area (Å²) in [6.45, 7) is 3.44. The number of anilines is 1. The number of nitrogens with zero attached hydrogens (tertiary/aromatic N) is 4. The summed E-state index contributed by atoms with van der Waals surface area (Å²) in [5.41, 5.74) is 2.17. The molecule has 3 heterocycles. The Morgan fingerprint density at radius 1 is 1.15 bits per heavy atom. The van der Waals surface area contributed by atoms with Crippen LogP contribution in [0.4, 0.5) is 5.82 Å². The molecule has 0 amide bonds. The van der Waals surface area contributed by atoms with Crippen LogP contribution in [0.25, 0.3) is 0 Å². The molecule has 2 aromatic heterocycles. The van der Waals surface area contributed by atoms with Gasteiger partial charge >= 0.3 is 0 Å². The standard InChI is InChI=1S/C19H26Cl2N6/c1-22-19(25-13-15-11-16(20)18(21)26(15)2)24-12-14-6-7-23-17(10-14)27-8-4-3-5-9-27/h6-7,10-11H,3-5,8-9,12-13H2,1-2H3,(H2,22,24,25). The van der Waals surface area contributed by atoms with Gasteiger partial charge in [-0.1, -0.05) is 23.2 Å². The highest BCUT2D eigenvalue weighted by Gasteiger charge is 2.13. The van der Waals surface area contributed by atoms with Gasteiger partial charge in [-0.15, -0.1) is 0 Å². The first-order chi connectivity index (χ1) is 13.1. The average molecular weight is 409 g/mol. The van der Waals surface area contributed by atoms with E-state index >= 15 is 0 Å². The van der Waals surface area contributed by atoms with Crippen LogP contribution in [-0.2, 0) is 20.1 Å². The smallest absolute Gasteiger partial charge is 0.191 e. The average Bonchev–Trinajstić information content (AvgIpc) is 2.96. The highest BCUT2D eigenvalue weighted by Crippen LogP contribution is 2.25. The van der Waals surface area contributed by atoms with Crippen LogP contribution in [0.5, 0.6) is 0 Å². The van der Waals surface area contributed by atoms with E-state index in [2.05, 4.69) is 31.6 Å². The molecule has 8 heteroatoms. The Bertz CT molecular complexity index is 795. The summed E-state index contributed by atoms with van der Waals surface area (Å²) in [5, 5.41) is 7.73. The van der Waals surface area contributed by atoms with Crippen molar-refractivity contribution in [1.29, 1.82) is 0 Å². The zero-order valence-electron chi connectivity index (χ0n) is 15.8. The van der Waals surface area contributed by atoms with Crippen molar-refractivity contribution >= 4 is 35.0 Å². The Hall–Kier alpha value is -1.92. The molecular weight excluding hydrogens is 383 g/mol. The van der Waals surface area contributed by atoms with Crippen LogP contribution >= 0.6 is 23.2 Å². The molecule has 0 aromatic carbocycles. The molecule has 0 aliphatic carbocycles. The highest BCUT2D eigenvalue weighted by atomic mass is 35.5. The maximum absolute atomic E-state index is 6.12. The molecule has 1 aliphatic rings. The maximum atomic E-state index is 6.12. The number of aliphatic imine (C=N–C) groups is 1. The third-order valence-electron chi connectivity index (χ3n) is 4.83. The Morgan fingerprint density at radius 3 is 2.56 bits per heavy atom. The minimum absolute atomic E-state index is 0.540. The largest absolute Gasteiger partial charge is 0.357 e. The molecule has 146 valence electrons. The number of nitrogens with one attached hydrogen (secondary N) is 2. The van der Waals surface area contributed by atoms with Crippen molar-refractivity contribution in [1.82, 2.24) is 20.2 Å². The van der Waals surface area contributed by atoms with E-state index in [4.69, 9.17) is 23.2 Å². The van der Waals surface area contributed by atoms with Crippen LogP contribution < -0.4 is 15.5 Å². The van der Waals surface area contributed by atoms with Crippen molar-refractivity contribution in [2.45, 2.75) is 32.4 Å². The topological polar surface area (TPSA) is 57.5 Å². The minimum Gasteiger partial charge on any atom is -0.357 e. The summed E-state index contributed by atoms with van der Waals surface area (Å²) in [7, 11) is 3.65. The third-order valence-corrected chi connectivity index (χ3v) is 5.67. The summed E-state index contributed by atoms with van der Waals surface area (Å²) in [6.07, 6.45) is 5.68. The van der Waals surface area contributed by atoms with Gasteiger partial charge in [-0.3, -0.25) is 4.99 Å². The number of pyridine rings is 1. The van der Waals surface area contributed by atoms with E-state index in [1.54, 1.807) is 7.05 Å². The van der Waals surface area contributed by atoms with Crippen LogP contribution in [0.15, 0.2) is 29.4 Å². The zero-order valence-corrected chi connectivity index (χ0v) is 17.3. The van der Waals surface area contributed by atoms with Crippen molar-refractivity contribution in [2.24, 2.45) is 12.0 Å². The number of piperidine rings is 1. The summed E-state index contributed by atoms with van der Waals surface area (Å²) >= 11 is 12.2. The number of hydrogen-bond acceptors (Lipinski definition) is 3. The molecule has 6 nitrogen and oxygen atoms in total. The Balaban J connectivity index is 1.55. The third kappa shape index (κ3) is 5.08. The SMILES string of the molecule is CN=C(NCc1ccnc(N2CCCCC2)c1)NCc1cc(Cl)c(Cl)n1C. The lowest BCUT2D eigenvalue weighted by Crippen LogP contribution is -2.36. The van der Waals surface area contributed by atoms with Gasteiger partial charge in [0, 0.05) is 45.6 Å². The van der Waals surface area contributed by atoms with Gasteiger partial charge in [0.2, 0.25) is 0 Å². The summed E-state index contributed by atoms with van der Waals surface area (Å²) < 4.78 is 1.86. The summed E-state index contributed by atoms with van der Waals surface area (Å²) in [5.74, 6) is 1.78. The van der Waals surface area contributed by atoms with Crippen molar-refractivity contribution in [2.75, 3.05) is 25.0 Å². The van der Waals surface area contributed by atoms with Crippen molar-refractivity contribution in [3.63, 3.8) is 0 Å². The van der Waals surface area contributed by atoms with Crippen LogP contribution in [-0.4, -0.2) is 35.6 Å². The van der Waals surface area contributed by atoms with Gasteiger partial charge < -0.3 is 20.1 Å². The van der Waals surface area contributed by atoms with Gasteiger partial charge in [-0.05, 0) is 43.0 Å². The molecule has 0 saturated carbocycles. The van der Waals surface area contributed by atoms with E-state index in [0.29, 0.717) is 23.3 Å². The molecule has 1 fully saturated rings. The first-order valence-electron chi connectivity index (χ1n) is 9.22. The second-order valence-corrected chi connectivity index (χ2v) is 7.45. The quantitative estimate of drug-likeness (QED) is 0.586. The van der Waals surface area contributed by atoms with Crippen molar-refractivity contribution in [3.05, 3.63) is 45.8 Å². The van der Waals surface area contributed by atoms with Crippen LogP contribution in [0.1, 0.15) is 30.5 Å². The lowest BCUT2D eigenvalue weighted by atomic mass is 10.1. The van der Waals surface area contributed by atoms with E-state index in [-0.39, 0.29) is 0 Å². The van der Waals surface area contributed by atoms with Gasteiger partial charge in [0.05, 0.1) is 11.6 Å². The highest BCUT2D eigenvalue weighted by molar-refractivity contribution is 6.41. The van der Waals surface area contributed by atoms with Crippen molar-refractivity contribution < 1.29 is 0 Å². The first-order valence-corrected chi connectivity index (χ1v) is 9.98. The van der Waals surface area contributed by atoms with E-state index in [1.807, 2.05) is 29.9 Å².